The Morgan fingerprint density at radius 1 is 1.16 bits per heavy atom. The highest BCUT2D eigenvalue weighted by atomic mass is 35.5. The Bertz CT molecular complexity index is 1010. The summed E-state index contributed by atoms with van der Waals surface area (Å²) in [7, 11) is -3.59. The summed E-state index contributed by atoms with van der Waals surface area (Å²) >= 11 is 5.93. The number of aryl methyl sites for hydroxylation is 1. The van der Waals surface area contributed by atoms with E-state index in [9.17, 15) is 8.42 Å². The highest BCUT2D eigenvalue weighted by Crippen LogP contribution is 2.20. The second-order valence-electron chi connectivity index (χ2n) is 5.52. The Kier molecular flexibility index (Phi) is 5.22. The van der Waals surface area contributed by atoms with Crippen molar-refractivity contribution in [3.63, 3.8) is 0 Å². The molecule has 0 saturated heterocycles. The molecule has 0 fully saturated rings. The van der Waals surface area contributed by atoms with E-state index in [0.29, 0.717) is 16.3 Å². The van der Waals surface area contributed by atoms with Crippen LogP contribution in [-0.4, -0.2) is 26.6 Å². The van der Waals surface area contributed by atoms with Gasteiger partial charge < -0.3 is 4.74 Å². The minimum absolute atomic E-state index is 0.162. The van der Waals surface area contributed by atoms with Crippen LogP contribution in [0.4, 0.5) is 0 Å². The van der Waals surface area contributed by atoms with Gasteiger partial charge in [-0.15, -0.1) is 0 Å². The van der Waals surface area contributed by atoms with Crippen LogP contribution in [0.3, 0.4) is 0 Å². The molecule has 0 radical (unpaired) electrons. The van der Waals surface area contributed by atoms with Gasteiger partial charge in [-0.2, -0.15) is 0 Å². The van der Waals surface area contributed by atoms with Gasteiger partial charge in [0.15, 0.2) is 0 Å². The number of nitrogens with zero attached hydrogens (tertiary/aromatic N) is 1. The van der Waals surface area contributed by atoms with E-state index in [-0.39, 0.29) is 18.0 Å². The molecule has 0 amide bonds. The number of sulfonamides is 1. The van der Waals surface area contributed by atoms with Gasteiger partial charge in [-0.05, 0) is 55.0 Å². The minimum atomic E-state index is -3.59. The van der Waals surface area contributed by atoms with Gasteiger partial charge in [-0.3, -0.25) is 4.98 Å². The third-order valence-corrected chi connectivity index (χ3v) is 5.56. The molecule has 5 nitrogen and oxygen atoms in total. The van der Waals surface area contributed by atoms with E-state index in [1.807, 2.05) is 30.3 Å². The van der Waals surface area contributed by atoms with Gasteiger partial charge in [0, 0.05) is 23.2 Å². The summed E-state index contributed by atoms with van der Waals surface area (Å²) in [6.07, 6.45) is 1.73. The van der Waals surface area contributed by atoms with Gasteiger partial charge in [-0.1, -0.05) is 17.7 Å². The zero-order chi connectivity index (χ0) is 17.9. The zero-order valence-corrected chi connectivity index (χ0v) is 15.1. The van der Waals surface area contributed by atoms with Gasteiger partial charge in [-0.25, -0.2) is 13.1 Å². The molecule has 1 N–H and O–H groups in total. The Morgan fingerprint density at radius 2 is 2.00 bits per heavy atom. The van der Waals surface area contributed by atoms with E-state index >= 15 is 0 Å². The highest BCUT2D eigenvalue weighted by Gasteiger charge is 2.14. The molecular weight excluding hydrogens is 360 g/mol. The van der Waals surface area contributed by atoms with Gasteiger partial charge in [0.05, 0.1) is 10.4 Å². The van der Waals surface area contributed by atoms with E-state index in [0.717, 1.165) is 10.9 Å². The third kappa shape index (κ3) is 4.28. The van der Waals surface area contributed by atoms with Crippen LogP contribution >= 0.6 is 11.6 Å². The summed E-state index contributed by atoms with van der Waals surface area (Å²) in [6.45, 7) is 2.14. The van der Waals surface area contributed by atoms with Gasteiger partial charge >= 0.3 is 0 Å². The molecule has 0 aliphatic carbocycles. The van der Waals surface area contributed by atoms with Crippen molar-refractivity contribution in [2.45, 2.75) is 11.8 Å². The molecule has 1 aromatic heterocycles. The second kappa shape index (κ2) is 7.39. The number of fused-ring (bicyclic) bond motifs is 1. The summed E-state index contributed by atoms with van der Waals surface area (Å²) < 4.78 is 32.7. The number of hydrogen-bond donors (Lipinski definition) is 1. The number of halogens is 1. The van der Waals surface area contributed by atoms with Gasteiger partial charge in [0.2, 0.25) is 10.0 Å². The van der Waals surface area contributed by atoms with Gasteiger partial charge in [0.25, 0.3) is 0 Å². The standard InChI is InChI=1S/C18H17ClN2O3S/c1-13-11-16(5-6-17(13)19)25(22,23)21-9-10-24-15-4-7-18-14(12-15)3-2-8-20-18/h2-8,11-12,21H,9-10H2,1H3. The molecule has 3 rings (SSSR count). The fourth-order valence-corrected chi connectivity index (χ4v) is 3.57. The molecule has 0 unspecified atom stereocenters. The number of nitrogens with one attached hydrogen (secondary N) is 1. The number of benzene rings is 2. The van der Waals surface area contributed by atoms with Crippen LogP contribution in [0.25, 0.3) is 10.9 Å². The van der Waals surface area contributed by atoms with E-state index in [1.54, 1.807) is 25.3 Å². The third-order valence-electron chi connectivity index (χ3n) is 3.68. The van der Waals surface area contributed by atoms with Crippen molar-refractivity contribution in [3.8, 4) is 5.75 Å². The lowest BCUT2D eigenvalue weighted by molar-refractivity contribution is 0.323. The summed E-state index contributed by atoms with van der Waals surface area (Å²) in [6, 6.07) is 14.0. The van der Waals surface area contributed by atoms with Crippen LogP contribution in [0.1, 0.15) is 5.56 Å². The molecule has 0 spiro atoms. The Labute approximate surface area is 151 Å². The maximum absolute atomic E-state index is 12.3. The minimum Gasteiger partial charge on any atom is -0.492 e. The van der Waals surface area contributed by atoms with E-state index < -0.39 is 10.0 Å². The lowest BCUT2D eigenvalue weighted by atomic mass is 10.2. The molecule has 25 heavy (non-hydrogen) atoms. The van der Waals surface area contributed by atoms with E-state index in [1.165, 1.54) is 6.07 Å². The van der Waals surface area contributed by atoms with Crippen LogP contribution in [0.15, 0.2) is 59.6 Å². The summed E-state index contributed by atoms with van der Waals surface area (Å²) in [4.78, 5) is 4.43. The number of pyridine rings is 1. The first-order valence-electron chi connectivity index (χ1n) is 7.69. The van der Waals surface area contributed by atoms with Gasteiger partial charge in [0.1, 0.15) is 12.4 Å². The lowest BCUT2D eigenvalue weighted by Crippen LogP contribution is -2.28. The number of ether oxygens (including phenoxy) is 1. The molecule has 3 aromatic rings. The maximum Gasteiger partial charge on any atom is 0.240 e. The Balaban J connectivity index is 1.58. The fourth-order valence-electron chi connectivity index (χ4n) is 2.36. The fraction of sp³-hybridized carbons (Fsp3) is 0.167. The SMILES string of the molecule is Cc1cc(S(=O)(=O)NCCOc2ccc3ncccc3c2)ccc1Cl. The average molecular weight is 377 g/mol. The van der Waals surface area contributed by atoms with Crippen LogP contribution in [0.2, 0.25) is 5.02 Å². The quantitative estimate of drug-likeness (QED) is 0.668. The Morgan fingerprint density at radius 3 is 2.80 bits per heavy atom. The first-order valence-corrected chi connectivity index (χ1v) is 9.55. The second-order valence-corrected chi connectivity index (χ2v) is 7.69. The van der Waals surface area contributed by atoms with E-state index in [4.69, 9.17) is 16.3 Å². The molecule has 7 heteroatoms. The van der Waals surface area contributed by atoms with Crippen molar-refractivity contribution < 1.29 is 13.2 Å². The summed E-state index contributed by atoms with van der Waals surface area (Å²) in [5.74, 6) is 0.669. The molecule has 0 bridgehead atoms. The van der Waals surface area contributed by atoms with Crippen LogP contribution in [0, 0.1) is 6.92 Å². The van der Waals surface area contributed by atoms with Crippen molar-refractivity contribution >= 4 is 32.5 Å². The molecule has 0 atom stereocenters. The molecule has 2 aromatic carbocycles. The maximum atomic E-state index is 12.3. The Hall–Kier alpha value is -2.15. The predicted molar refractivity (Wildman–Crippen MR) is 98.6 cm³/mol. The predicted octanol–water partition coefficient (Wildman–Crippen LogP) is 3.55. The number of hydrogen-bond acceptors (Lipinski definition) is 4. The van der Waals surface area contributed by atoms with Crippen molar-refractivity contribution in [3.05, 3.63) is 65.3 Å². The lowest BCUT2D eigenvalue weighted by Gasteiger charge is -2.10. The molecule has 130 valence electrons. The first-order chi connectivity index (χ1) is 12.0. The zero-order valence-electron chi connectivity index (χ0n) is 13.6. The molecule has 0 aliphatic heterocycles. The largest absolute Gasteiger partial charge is 0.492 e. The number of rotatable bonds is 6. The first kappa shape index (κ1) is 17.7. The normalized spacial score (nSPS) is 11.6. The molecule has 0 aliphatic rings. The molecular formula is C18H17ClN2O3S. The van der Waals surface area contributed by atoms with Crippen LogP contribution in [0.5, 0.6) is 5.75 Å². The summed E-state index contributed by atoms with van der Waals surface area (Å²) in [5.41, 5.74) is 1.60. The molecule has 1 heterocycles. The van der Waals surface area contributed by atoms with Crippen LogP contribution < -0.4 is 9.46 Å². The van der Waals surface area contributed by atoms with Crippen LogP contribution in [-0.2, 0) is 10.0 Å². The van der Waals surface area contributed by atoms with E-state index in [2.05, 4.69) is 9.71 Å². The highest BCUT2D eigenvalue weighted by molar-refractivity contribution is 7.89. The summed E-state index contributed by atoms with van der Waals surface area (Å²) in [5, 5.41) is 1.50. The van der Waals surface area contributed by atoms with Crippen molar-refractivity contribution in [1.82, 2.24) is 9.71 Å². The molecule has 0 saturated carbocycles. The topological polar surface area (TPSA) is 68.3 Å². The van der Waals surface area contributed by atoms with Crippen molar-refractivity contribution in [2.75, 3.05) is 13.2 Å². The smallest absolute Gasteiger partial charge is 0.240 e. The van der Waals surface area contributed by atoms with Crippen molar-refractivity contribution in [1.29, 1.82) is 0 Å². The average Bonchev–Trinajstić information content (AvgIpc) is 2.61. The van der Waals surface area contributed by atoms with Crippen molar-refractivity contribution in [2.24, 2.45) is 0 Å². The monoisotopic (exact) mass is 376 g/mol. The number of aromatic nitrogens is 1.